The van der Waals surface area contributed by atoms with Crippen LogP contribution in [0.2, 0.25) is 0 Å². The molecule has 0 aliphatic heterocycles. The van der Waals surface area contributed by atoms with Gasteiger partial charge in [0.25, 0.3) is 0 Å². The summed E-state index contributed by atoms with van der Waals surface area (Å²) in [4.78, 5) is 15.6. The Morgan fingerprint density at radius 2 is 2.36 bits per heavy atom. The summed E-state index contributed by atoms with van der Waals surface area (Å²) in [5.41, 5.74) is 0. The van der Waals surface area contributed by atoms with Crippen molar-refractivity contribution in [3.8, 4) is 0 Å². The van der Waals surface area contributed by atoms with Gasteiger partial charge in [-0.3, -0.25) is 4.79 Å². The number of carbonyl (C=O) groups is 1. The molecule has 0 saturated heterocycles. The summed E-state index contributed by atoms with van der Waals surface area (Å²) in [7, 11) is 1.41. The standard InChI is InChI=1S/C10H16N2O2/c1-4-8(10(13)14-3)9-11-6-7-12(9)5-2/h6-8H,4-5H2,1-3H3. The van der Waals surface area contributed by atoms with E-state index in [0.29, 0.717) is 6.42 Å². The van der Waals surface area contributed by atoms with Crippen molar-refractivity contribution in [3.05, 3.63) is 18.2 Å². The van der Waals surface area contributed by atoms with E-state index in [1.807, 2.05) is 24.6 Å². The van der Waals surface area contributed by atoms with Crippen molar-refractivity contribution in [1.82, 2.24) is 9.55 Å². The summed E-state index contributed by atoms with van der Waals surface area (Å²) in [5, 5.41) is 0. The van der Waals surface area contributed by atoms with Crippen LogP contribution in [0.1, 0.15) is 32.0 Å². The zero-order valence-corrected chi connectivity index (χ0v) is 8.86. The number of aryl methyl sites for hydroxylation is 1. The lowest BCUT2D eigenvalue weighted by Gasteiger charge is -2.13. The molecule has 1 aromatic heterocycles. The van der Waals surface area contributed by atoms with Crippen LogP contribution in [-0.4, -0.2) is 22.6 Å². The van der Waals surface area contributed by atoms with E-state index in [1.54, 1.807) is 6.20 Å². The molecule has 1 heterocycles. The Bertz CT molecular complexity index is 307. The molecule has 1 unspecified atom stereocenters. The number of hydrogen-bond donors (Lipinski definition) is 0. The predicted molar refractivity (Wildman–Crippen MR) is 52.9 cm³/mol. The topological polar surface area (TPSA) is 44.1 Å². The van der Waals surface area contributed by atoms with E-state index in [4.69, 9.17) is 4.74 Å². The van der Waals surface area contributed by atoms with Crippen LogP contribution in [0.3, 0.4) is 0 Å². The largest absolute Gasteiger partial charge is 0.468 e. The van der Waals surface area contributed by atoms with Gasteiger partial charge in [-0.2, -0.15) is 0 Å². The molecule has 4 heteroatoms. The highest BCUT2D eigenvalue weighted by molar-refractivity contribution is 5.76. The van der Waals surface area contributed by atoms with Gasteiger partial charge in [0.2, 0.25) is 0 Å². The summed E-state index contributed by atoms with van der Waals surface area (Å²) < 4.78 is 6.70. The van der Waals surface area contributed by atoms with Crippen LogP contribution < -0.4 is 0 Å². The first-order valence-corrected chi connectivity index (χ1v) is 4.83. The van der Waals surface area contributed by atoms with Crippen molar-refractivity contribution in [2.75, 3.05) is 7.11 Å². The van der Waals surface area contributed by atoms with Gasteiger partial charge in [-0.1, -0.05) is 6.92 Å². The number of rotatable bonds is 4. The smallest absolute Gasteiger partial charge is 0.316 e. The molecule has 1 rings (SSSR count). The van der Waals surface area contributed by atoms with Crippen LogP contribution in [0, 0.1) is 0 Å². The number of methoxy groups -OCH3 is 1. The third kappa shape index (κ3) is 1.95. The van der Waals surface area contributed by atoms with Crippen LogP contribution in [0.5, 0.6) is 0 Å². The quantitative estimate of drug-likeness (QED) is 0.686. The van der Waals surface area contributed by atoms with Gasteiger partial charge in [-0.05, 0) is 13.3 Å². The highest BCUT2D eigenvalue weighted by Gasteiger charge is 2.23. The number of hydrogen-bond acceptors (Lipinski definition) is 3. The van der Waals surface area contributed by atoms with Crippen LogP contribution in [-0.2, 0) is 16.1 Å². The van der Waals surface area contributed by atoms with Gasteiger partial charge < -0.3 is 9.30 Å². The maximum absolute atomic E-state index is 11.4. The lowest BCUT2D eigenvalue weighted by molar-refractivity contribution is -0.142. The molecular weight excluding hydrogens is 180 g/mol. The summed E-state index contributed by atoms with van der Waals surface area (Å²) in [6, 6.07) is 0. The molecule has 1 atom stereocenters. The number of esters is 1. The lowest BCUT2D eigenvalue weighted by Crippen LogP contribution is -2.18. The minimum absolute atomic E-state index is 0.214. The Morgan fingerprint density at radius 3 is 2.86 bits per heavy atom. The average Bonchev–Trinajstić information content (AvgIpc) is 2.66. The first-order valence-electron chi connectivity index (χ1n) is 4.83. The molecule has 0 fully saturated rings. The number of ether oxygens (including phenoxy) is 1. The van der Waals surface area contributed by atoms with Crippen molar-refractivity contribution in [2.24, 2.45) is 0 Å². The van der Waals surface area contributed by atoms with E-state index in [0.717, 1.165) is 12.4 Å². The molecule has 1 aromatic rings. The Morgan fingerprint density at radius 1 is 1.64 bits per heavy atom. The van der Waals surface area contributed by atoms with Gasteiger partial charge in [0.1, 0.15) is 11.7 Å². The molecule has 0 amide bonds. The predicted octanol–water partition coefficient (Wildman–Crippen LogP) is 1.57. The number of carbonyl (C=O) groups excluding carboxylic acids is 1. The van der Waals surface area contributed by atoms with Crippen molar-refractivity contribution in [1.29, 1.82) is 0 Å². The monoisotopic (exact) mass is 196 g/mol. The number of nitrogens with zero attached hydrogens (tertiary/aromatic N) is 2. The normalized spacial score (nSPS) is 12.5. The van der Waals surface area contributed by atoms with Crippen LogP contribution in [0.4, 0.5) is 0 Å². The van der Waals surface area contributed by atoms with E-state index < -0.39 is 0 Å². The van der Waals surface area contributed by atoms with Crippen molar-refractivity contribution >= 4 is 5.97 Å². The van der Waals surface area contributed by atoms with Gasteiger partial charge in [-0.25, -0.2) is 4.98 Å². The molecule has 0 spiro atoms. The molecule has 78 valence electrons. The molecule has 0 saturated carbocycles. The third-order valence-corrected chi connectivity index (χ3v) is 2.29. The van der Waals surface area contributed by atoms with E-state index in [9.17, 15) is 4.79 Å². The molecule has 14 heavy (non-hydrogen) atoms. The van der Waals surface area contributed by atoms with E-state index in [1.165, 1.54) is 7.11 Å². The Balaban J connectivity index is 2.94. The molecule has 0 N–H and O–H groups in total. The molecule has 0 aliphatic carbocycles. The van der Waals surface area contributed by atoms with Crippen molar-refractivity contribution in [2.45, 2.75) is 32.7 Å². The van der Waals surface area contributed by atoms with E-state index in [-0.39, 0.29) is 11.9 Å². The summed E-state index contributed by atoms with van der Waals surface area (Å²) in [6.45, 7) is 4.80. The van der Waals surface area contributed by atoms with Crippen LogP contribution in [0.25, 0.3) is 0 Å². The first-order chi connectivity index (χ1) is 6.74. The van der Waals surface area contributed by atoms with Gasteiger partial charge >= 0.3 is 5.97 Å². The van der Waals surface area contributed by atoms with Gasteiger partial charge in [-0.15, -0.1) is 0 Å². The number of imidazole rings is 1. The second-order valence-electron chi connectivity index (χ2n) is 3.06. The lowest BCUT2D eigenvalue weighted by atomic mass is 10.1. The van der Waals surface area contributed by atoms with E-state index >= 15 is 0 Å². The Kier molecular flexibility index (Phi) is 3.68. The summed E-state index contributed by atoms with van der Waals surface area (Å²) in [6.07, 6.45) is 4.30. The van der Waals surface area contributed by atoms with E-state index in [2.05, 4.69) is 4.98 Å². The third-order valence-electron chi connectivity index (χ3n) is 2.29. The highest BCUT2D eigenvalue weighted by atomic mass is 16.5. The molecule has 0 radical (unpaired) electrons. The maximum Gasteiger partial charge on any atom is 0.316 e. The minimum Gasteiger partial charge on any atom is -0.468 e. The van der Waals surface area contributed by atoms with Gasteiger partial charge in [0.05, 0.1) is 7.11 Å². The minimum atomic E-state index is -0.241. The van der Waals surface area contributed by atoms with Crippen molar-refractivity contribution < 1.29 is 9.53 Å². The summed E-state index contributed by atoms with van der Waals surface area (Å²) >= 11 is 0. The second kappa shape index (κ2) is 4.79. The maximum atomic E-state index is 11.4. The molecule has 0 aliphatic rings. The molecule has 0 aromatic carbocycles. The van der Waals surface area contributed by atoms with Crippen LogP contribution >= 0.6 is 0 Å². The van der Waals surface area contributed by atoms with Gasteiger partial charge in [0.15, 0.2) is 0 Å². The van der Waals surface area contributed by atoms with Crippen LogP contribution in [0.15, 0.2) is 12.4 Å². The fraction of sp³-hybridized carbons (Fsp3) is 0.600. The molecule has 0 bridgehead atoms. The zero-order valence-electron chi connectivity index (χ0n) is 8.86. The Hall–Kier alpha value is -1.32. The molecule has 4 nitrogen and oxygen atoms in total. The second-order valence-corrected chi connectivity index (χ2v) is 3.06. The van der Waals surface area contributed by atoms with Gasteiger partial charge in [0, 0.05) is 18.9 Å². The average molecular weight is 196 g/mol. The SMILES string of the molecule is CCC(C(=O)OC)c1nccn1CC. The fourth-order valence-electron chi connectivity index (χ4n) is 1.50. The zero-order chi connectivity index (χ0) is 10.6. The summed E-state index contributed by atoms with van der Waals surface area (Å²) in [5.74, 6) is 0.338. The number of aromatic nitrogens is 2. The first kappa shape index (κ1) is 10.8. The Labute approximate surface area is 83.9 Å². The fourth-order valence-corrected chi connectivity index (χ4v) is 1.50. The van der Waals surface area contributed by atoms with Crippen molar-refractivity contribution in [3.63, 3.8) is 0 Å². The highest BCUT2D eigenvalue weighted by Crippen LogP contribution is 2.19. The molecular formula is C10H16N2O2.